The third-order valence-corrected chi connectivity index (χ3v) is 5.83. The van der Waals surface area contributed by atoms with Crippen molar-refractivity contribution in [3.05, 3.63) is 24.0 Å². The molecule has 1 saturated carbocycles. The van der Waals surface area contributed by atoms with Crippen LogP contribution in [0.5, 0.6) is 5.88 Å². The van der Waals surface area contributed by atoms with Crippen molar-refractivity contribution in [2.45, 2.75) is 77.0 Å². The van der Waals surface area contributed by atoms with Gasteiger partial charge in [-0.2, -0.15) is 15.1 Å². The minimum absolute atomic E-state index is 0.0905. The third kappa shape index (κ3) is 7.04. The molecule has 4 rings (SSSR count). The van der Waals surface area contributed by atoms with Gasteiger partial charge in [-0.1, -0.05) is 0 Å². The van der Waals surface area contributed by atoms with E-state index in [-0.39, 0.29) is 49.1 Å². The normalized spacial score (nSPS) is 18.2. The van der Waals surface area contributed by atoms with Gasteiger partial charge >= 0.3 is 12.1 Å². The van der Waals surface area contributed by atoms with Crippen LogP contribution in [0.15, 0.2) is 18.3 Å². The zero-order valence-electron chi connectivity index (χ0n) is 21.4. The molecule has 0 spiro atoms. The van der Waals surface area contributed by atoms with Crippen LogP contribution in [0.1, 0.15) is 63.9 Å². The lowest BCUT2D eigenvalue weighted by Crippen LogP contribution is -2.57. The number of anilines is 1. The molecule has 0 bridgehead atoms. The minimum Gasteiger partial charge on any atom is -0.470 e. The summed E-state index contributed by atoms with van der Waals surface area (Å²) in [5, 5.41) is 7.39. The fourth-order valence-electron chi connectivity index (χ4n) is 3.95. The van der Waals surface area contributed by atoms with Crippen LogP contribution >= 0.6 is 0 Å². The van der Waals surface area contributed by atoms with Crippen molar-refractivity contribution in [3.63, 3.8) is 0 Å². The fourth-order valence-corrected chi connectivity index (χ4v) is 3.95. The molecule has 11 nitrogen and oxygen atoms in total. The van der Waals surface area contributed by atoms with E-state index in [2.05, 4.69) is 20.4 Å². The predicted molar refractivity (Wildman–Crippen MR) is 128 cm³/mol. The zero-order valence-corrected chi connectivity index (χ0v) is 21.4. The lowest BCUT2D eigenvalue weighted by atomic mass is 9.92. The van der Waals surface area contributed by atoms with Crippen molar-refractivity contribution in [3.8, 4) is 11.8 Å². The second kappa shape index (κ2) is 10.5. The van der Waals surface area contributed by atoms with Crippen molar-refractivity contribution in [1.29, 1.82) is 0 Å². The van der Waals surface area contributed by atoms with Gasteiger partial charge in [0.1, 0.15) is 17.5 Å². The Morgan fingerprint density at radius 2 is 1.89 bits per heavy atom. The first-order valence-corrected chi connectivity index (χ1v) is 12.3. The van der Waals surface area contributed by atoms with Gasteiger partial charge in [-0.05, 0) is 46.6 Å². The Balaban J connectivity index is 1.49. The molecule has 1 N–H and O–H groups in total. The summed E-state index contributed by atoms with van der Waals surface area (Å²) in [6.07, 6.45) is 0.978. The van der Waals surface area contributed by atoms with Crippen LogP contribution in [-0.4, -0.2) is 80.1 Å². The van der Waals surface area contributed by atoms with Gasteiger partial charge in [0.25, 0.3) is 5.95 Å². The van der Waals surface area contributed by atoms with Crippen molar-refractivity contribution >= 4 is 17.9 Å². The van der Waals surface area contributed by atoms with Crippen LogP contribution in [0.2, 0.25) is 0 Å². The molecule has 1 aliphatic carbocycles. The van der Waals surface area contributed by atoms with E-state index in [9.17, 15) is 18.4 Å². The summed E-state index contributed by atoms with van der Waals surface area (Å²) in [4.78, 5) is 34.6. The molecule has 0 aromatic carbocycles. The largest absolute Gasteiger partial charge is 0.470 e. The molecule has 37 heavy (non-hydrogen) atoms. The van der Waals surface area contributed by atoms with Gasteiger partial charge in [-0.3, -0.25) is 0 Å². The van der Waals surface area contributed by atoms with Gasteiger partial charge < -0.3 is 24.4 Å². The molecular formula is C24H32F2N6O5. The molecule has 13 heteroatoms. The van der Waals surface area contributed by atoms with Gasteiger partial charge in [0.2, 0.25) is 11.8 Å². The predicted octanol–water partition coefficient (Wildman–Crippen LogP) is 3.83. The number of alkyl halides is 2. The van der Waals surface area contributed by atoms with Crippen molar-refractivity contribution < 1.29 is 32.6 Å². The quantitative estimate of drug-likeness (QED) is 0.541. The summed E-state index contributed by atoms with van der Waals surface area (Å²) in [6, 6.07) is 2.88. The van der Waals surface area contributed by atoms with Crippen LogP contribution < -0.4 is 10.1 Å². The van der Waals surface area contributed by atoms with E-state index in [1.165, 1.54) is 21.8 Å². The van der Waals surface area contributed by atoms with Gasteiger partial charge in [0, 0.05) is 31.1 Å². The van der Waals surface area contributed by atoms with E-state index >= 15 is 0 Å². The summed E-state index contributed by atoms with van der Waals surface area (Å²) in [5.41, 5.74) is -0.506. The molecule has 0 radical (unpaired) electrons. The molecule has 1 aliphatic heterocycles. The lowest BCUT2D eigenvalue weighted by Gasteiger charge is -2.39. The molecule has 2 fully saturated rings. The minimum atomic E-state index is -2.65. The Morgan fingerprint density at radius 1 is 1.19 bits per heavy atom. The number of amides is 1. The maximum Gasteiger partial charge on any atom is 0.410 e. The summed E-state index contributed by atoms with van der Waals surface area (Å²) in [7, 11) is 0. The summed E-state index contributed by atoms with van der Waals surface area (Å²) >= 11 is 0. The molecule has 0 unspecified atom stereocenters. The van der Waals surface area contributed by atoms with Crippen LogP contribution in [0.4, 0.5) is 19.4 Å². The smallest absolute Gasteiger partial charge is 0.410 e. The first kappa shape index (κ1) is 26.6. The summed E-state index contributed by atoms with van der Waals surface area (Å²) in [6.45, 7) is 7.94. The second-order valence-corrected chi connectivity index (χ2v) is 10.2. The molecule has 1 amide bonds. The summed E-state index contributed by atoms with van der Waals surface area (Å²) in [5.74, 6) is -2.50. The highest BCUT2D eigenvalue weighted by molar-refractivity contribution is 5.87. The molecule has 2 aliphatic rings. The molecule has 2 aromatic heterocycles. The maximum atomic E-state index is 13.6. The lowest BCUT2D eigenvalue weighted by molar-refractivity contribution is -0.0361. The number of halogens is 2. The fraction of sp³-hybridized carbons (Fsp3) is 0.625. The monoisotopic (exact) mass is 522 g/mol. The van der Waals surface area contributed by atoms with Crippen molar-refractivity contribution in [2.75, 3.05) is 25.0 Å². The van der Waals surface area contributed by atoms with E-state index < -0.39 is 23.6 Å². The number of nitrogens with one attached hydrogen (secondary N) is 1. The molecular weight excluding hydrogens is 490 g/mol. The van der Waals surface area contributed by atoms with Gasteiger partial charge in [-0.25, -0.2) is 23.1 Å². The third-order valence-electron chi connectivity index (χ3n) is 5.83. The number of nitrogens with zero attached hydrogens (tertiary/aromatic N) is 5. The topological polar surface area (TPSA) is 121 Å². The number of carbonyl (C=O) groups excluding carboxylic acids is 2. The maximum absolute atomic E-state index is 13.6. The average Bonchev–Trinajstić information content (AvgIpc) is 3.27. The van der Waals surface area contributed by atoms with Gasteiger partial charge in [-0.15, -0.1) is 0 Å². The van der Waals surface area contributed by atoms with E-state index in [0.717, 1.165) is 0 Å². The molecule has 1 saturated heterocycles. The Labute approximate surface area is 213 Å². The zero-order chi connectivity index (χ0) is 26.8. The molecule has 0 atom stereocenters. The first-order valence-electron chi connectivity index (χ1n) is 12.3. The van der Waals surface area contributed by atoms with Gasteiger partial charge in [0.05, 0.1) is 19.7 Å². The number of aromatic nitrogens is 4. The average molecular weight is 523 g/mol. The van der Waals surface area contributed by atoms with Crippen LogP contribution in [0, 0.1) is 0 Å². The van der Waals surface area contributed by atoms with Crippen LogP contribution in [0.25, 0.3) is 5.95 Å². The van der Waals surface area contributed by atoms with E-state index in [0.29, 0.717) is 31.7 Å². The number of rotatable bonds is 7. The first-order chi connectivity index (χ1) is 17.4. The highest BCUT2D eigenvalue weighted by Crippen LogP contribution is 2.34. The molecule has 3 heterocycles. The van der Waals surface area contributed by atoms with Crippen LogP contribution in [0.3, 0.4) is 0 Å². The number of esters is 1. The highest BCUT2D eigenvalue weighted by atomic mass is 19.3. The van der Waals surface area contributed by atoms with Crippen molar-refractivity contribution in [1.82, 2.24) is 24.6 Å². The molecule has 202 valence electrons. The highest BCUT2D eigenvalue weighted by Gasteiger charge is 2.36. The second-order valence-electron chi connectivity index (χ2n) is 10.2. The van der Waals surface area contributed by atoms with Crippen LogP contribution in [-0.2, 0) is 9.47 Å². The van der Waals surface area contributed by atoms with Crippen molar-refractivity contribution in [2.24, 2.45) is 0 Å². The molecule has 2 aromatic rings. The van der Waals surface area contributed by atoms with E-state index in [1.54, 1.807) is 33.8 Å². The Kier molecular flexibility index (Phi) is 7.51. The standard InChI is InChI=1S/C24H32F2N6O5/c1-5-35-20(33)17-8-11-32(30-17)21-28-18(27-15-6-9-24(25,26)10-7-15)12-19(29-21)36-16-13-31(14-16)22(34)37-23(2,3)4/h8,11-12,15-16H,5-7,9-10,13-14H2,1-4H3,(H,27,28,29). The number of likely N-dealkylation sites (tertiary alicyclic amines) is 1. The SMILES string of the molecule is CCOC(=O)c1ccn(-c2nc(NC3CCC(F)(F)CC3)cc(OC3CN(C(=O)OC(C)(C)C)C3)n2)n1. The Morgan fingerprint density at radius 3 is 2.54 bits per heavy atom. The summed E-state index contributed by atoms with van der Waals surface area (Å²) < 4.78 is 44.8. The number of carbonyl (C=O) groups is 2. The van der Waals surface area contributed by atoms with E-state index in [4.69, 9.17) is 14.2 Å². The number of ether oxygens (including phenoxy) is 3. The van der Waals surface area contributed by atoms with E-state index in [1.807, 2.05) is 0 Å². The Hall–Kier alpha value is -3.51. The van der Waals surface area contributed by atoms with Gasteiger partial charge in [0.15, 0.2) is 5.69 Å². The number of hydrogen-bond donors (Lipinski definition) is 1. The Bertz CT molecular complexity index is 1120. The number of hydrogen-bond acceptors (Lipinski definition) is 9.